The number of hydrogen-bond donors (Lipinski definition) is 2. The molecule has 0 aliphatic carbocycles. The Labute approximate surface area is 102 Å². The molecule has 1 amide bonds. The Morgan fingerprint density at radius 2 is 2.18 bits per heavy atom. The number of hydrogen-bond acceptors (Lipinski definition) is 3. The van der Waals surface area contributed by atoms with Crippen molar-refractivity contribution in [2.75, 3.05) is 6.54 Å². The summed E-state index contributed by atoms with van der Waals surface area (Å²) in [6.07, 6.45) is 0.326. The summed E-state index contributed by atoms with van der Waals surface area (Å²) in [6.45, 7) is 6.18. The van der Waals surface area contributed by atoms with Gasteiger partial charge in [0.05, 0.1) is 0 Å². The summed E-state index contributed by atoms with van der Waals surface area (Å²) in [4.78, 5) is 11.6. The fourth-order valence-corrected chi connectivity index (χ4v) is 1.45. The summed E-state index contributed by atoms with van der Waals surface area (Å²) in [5, 5.41) is 12.2. The smallest absolute Gasteiger partial charge is 0.260 e. The lowest BCUT2D eigenvalue weighted by Crippen LogP contribution is -2.36. The number of phenolic OH excluding ortho intramolecular Hbond substituents is 1. The fourth-order valence-electron chi connectivity index (χ4n) is 1.45. The van der Waals surface area contributed by atoms with Crippen molar-refractivity contribution in [2.45, 2.75) is 33.3 Å². The molecule has 0 fully saturated rings. The Kier molecular flexibility index (Phi) is 4.82. The Morgan fingerprint density at radius 1 is 1.47 bits per heavy atom. The van der Waals surface area contributed by atoms with Gasteiger partial charge in [0.15, 0.2) is 6.10 Å². The first-order chi connectivity index (χ1) is 8.02. The summed E-state index contributed by atoms with van der Waals surface area (Å²) in [7, 11) is 0. The highest BCUT2D eigenvalue weighted by Gasteiger charge is 2.14. The van der Waals surface area contributed by atoms with Crippen molar-refractivity contribution in [1.29, 1.82) is 0 Å². The number of benzene rings is 1. The average molecular weight is 237 g/mol. The molecule has 0 aliphatic heterocycles. The normalized spacial score (nSPS) is 11.9. The minimum Gasteiger partial charge on any atom is -0.508 e. The average Bonchev–Trinajstić information content (AvgIpc) is 2.24. The predicted octanol–water partition coefficient (Wildman–Crippen LogP) is 1.99. The quantitative estimate of drug-likeness (QED) is 0.823. The van der Waals surface area contributed by atoms with Crippen LogP contribution in [-0.2, 0) is 4.79 Å². The lowest BCUT2D eigenvalue weighted by molar-refractivity contribution is -0.127. The minimum absolute atomic E-state index is 0.140. The van der Waals surface area contributed by atoms with E-state index >= 15 is 0 Å². The standard InChI is InChI=1S/C13H19NO3/c1-4-5-14-13(16)10(3)17-12-7-9(2)6-11(15)8-12/h6-8,10,15H,4-5H2,1-3H3,(H,14,16). The van der Waals surface area contributed by atoms with Crippen LogP contribution in [0.5, 0.6) is 11.5 Å². The minimum atomic E-state index is -0.567. The van der Waals surface area contributed by atoms with Gasteiger partial charge in [-0.25, -0.2) is 0 Å². The van der Waals surface area contributed by atoms with Gasteiger partial charge in [-0.2, -0.15) is 0 Å². The summed E-state index contributed by atoms with van der Waals surface area (Å²) in [5.41, 5.74) is 0.890. The van der Waals surface area contributed by atoms with Gasteiger partial charge < -0.3 is 15.2 Å². The van der Waals surface area contributed by atoms with E-state index in [0.717, 1.165) is 12.0 Å². The molecular formula is C13H19NO3. The summed E-state index contributed by atoms with van der Waals surface area (Å²) in [5.74, 6) is 0.496. The molecule has 4 heteroatoms. The van der Waals surface area contributed by atoms with Crippen LogP contribution in [0.25, 0.3) is 0 Å². The topological polar surface area (TPSA) is 58.6 Å². The van der Waals surface area contributed by atoms with E-state index in [1.54, 1.807) is 19.1 Å². The molecule has 0 heterocycles. The van der Waals surface area contributed by atoms with E-state index in [2.05, 4.69) is 5.32 Å². The van der Waals surface area contributed by atoms with Gasteiger partial charge in [-0.05, 0) is 38.0 Å². The van der Waals surface area contributed by atoms with Gasteiger partial charge in [0.1, 0.15) is 11.5 Å². The van der Waals surface area contributed by atoms with Crippen molar-refractivity contribution in [3.63, 3.8) is 0 Å². The van der Waals surface area contributed by atoms with Crippen LogP contribution in [0.2, 0.25) is 0 Å². The number of carbonyl (C=O) groups excluding carboxylic acids is 1. The van der Waals surface area contributed by atoms with E-state index in [1.807, 2.05) is 13.8 Å². The zero-order valence-corrected chi connectivity index (χ0v) is 10.5. The van der Waals surface area contributed by atoms with Crippen molar-refractivity contribution in [3.8, 4) is 11.5 Å². The molecule has 0 aromatic heterocycles. The Hall–Kier alpha value is -1.71. The molecule has 94 valence electrons. The molecule has 1 unspecified atom stereocenters. The number of aryl methyl sites for hydroxylation is 1. The van der Waals surface area contributed by atoms with Gasteiger partial charge in [-0.15, -0.1) is 0 Å². The maximum atomic E-state index is 11.6. The highest BCUT2D eigenvalue weighted by Crippen LogP contribution is 2.22. The highest BCUT2D eigenvalue weighted by molar-refractivity contribution is 5.80. The van der Waals surface area contributed by atoms with Crippen LogP contribution >= 0.6 is 0 Å². The first-order valence-corrected chi connectivity index (χ1v) is 5.78. The molecule has 0 saturated heterocycles. The van der Waals surface area contributed by atoms with Crippen LogP contribution < -0.4 is 10.1 Å². The molecule has 4 nitrogen and oxygen atoms in total. The number of phenols is 1. The van der Waals surface area contributed by atoms with Gasteiger partial charge in [0.2, 0.25) is 0 Å². The van der Waals surface area contributed by atoms with E-state index in [1.165, 1.54) is 6.07 Å². The molecule has 1 aromatic carbocycles. The number of nitrogens with one attached hydrogen (secondary N) is 1. The van der Waals surface area contributed by atoms with Gasteiger partial charge in [-0.3, -0.25) is 4.79 Å². The van der Waals surface area contributed by atoms with Crippen LogP contribution in [0, 0.1) is 6.92 Å². The summed E-state index contributed by atoms with van der Waals surface area (Å²) in [6, 6.07) is 4.91. The molecule has 1 rings (SSSR count). The molecule has 0 radical (unpaired) electrons. The molecule has 2 N–H and O–H groups in total. The van der Waals surface area contributed by atoms with Crippen molar-refractivity contribution < 1.29 is 14.6 Å². The number of ether oxygens (including phenoxy) is 1. The van der Waals surface area contributed by atoms with Gasteiger partial charge in [0.25, 0.3) is 5.91 Å². The number of aromatic hydroxyl groups is 1. The third-order valence-corrected chi connectivity index (χ3v) is 2.27. The van der Waals surface area contributed by atoms with E-state index in [-0.39, 0.29) is 11.7 Å². The maximum absolute atomic E-state index is 11.6. The molecular weight excluding hydrogens is 218 g/mol. The molecule has 1 aromatic rings. The van der Waals surface area contributed by atoms with E-state index in [0.29, 0.717) is 12.3 Å². The lowest BCUT2D eigenvalue weighted by atomic mass is 10.2. The zero-order valence-electron chi connectivity index (χ0n) is 10.5. The molecule has 0 aliphatic rings. The third-order valence-electron chi connectivity index (χ3n) is 2.27. The fraction of sp³-hybridized carbons (Fsp3) is 0.462. The second-order valence-electron chi connectivity index (χ2n) is 4.06. The predicted molar refractivity (Wildman–Crippen MR) is 66.2 cm³/mol. The molecule has 0 spiro atoms. The maximum Gasteiger partial charge on any atom is 0.260 e. The molecule has 17 heavy (non-hydrogen) atoms. The SMILES string of the molecule is CCCNC(=O)C(C)Oc1cc(C)cc(O)c1. The van der Waals surface area contributed by atoms with Crippen molar-refractivity contribution in [2.24, 2.45) is 0 Å². The molecule has 1 atom stereocenters. The third kappa shape index (κ3) is 4.34. The number of carbonyl (C=O) groups is 1. The van der Waals surface area contributed by atoms with Crippen LogP contribution in [0.3, 0.4) is 0 Å². The van der Waals surface area contributed by atoms with Crippen LogP contribution in [0.1, 0.15) is 25.8 Å². The van der Waals surface area contributed by atoms with Crippen molar-refractivity contribution in [3.05, 3.63) is 23.8 Å². The van der Waals surface area contributed by atoms with E-state index in [4.69, 9.17) is 4.74 Å². The van der Waals surface area contributed by atoms with Crippen molar-refractivity contribution in [1.82, 2.24) is 5.32 Å². The highest BCUT2D eigenvalue weighted by atomic mass is 16.5. The summed E-state index contributed by atoms with van der Waals surface area (Å²) >= 11 is 0. The monoisotopic (exact) mass is 237 g/mol. The van der Waals surface area contributed by atoms with Gasteiger partial charge in [0, 0.05) is 12.6 Å². The van der Waals surface area contributed by atoms with Gasteiger partial charge >= 0.3 is 0 Å². The molecule has 0 saturated carbocycles. The number of rotatable bonds is 5. The van der Waals surface area contributed by atoms with E-state index in [9.17, 15) is 9.90 Å². The summed E-state index contributed by atoms with van der Waals surface area (Å²) < 4.78 is 5.46. The second-order valence-corrected chi connectivity index (χ2v) is 4.06. The Balaban J connectivity index is 2.60. The lowest BCUT2D eigenvalue weighted by Gasteiger charge is -2.15. The van der Waals surface area contributed by atoms with Crippen LogP contribution in [0.15, 0.2) is 18.2 Å². The van der Waals surface area contributed by atoms with Crippen LogP contribution in [0.4, 0.5) is 0 Å². The second kappa shape index (κ2) is 6.13. The van der Waals surface area contributed by atoms with E-state index < -0.39 is 6.10 Å². The Bertz CT molecular complexity index is 370. The Morgan fingerprint density at radius 3 is 2.76 bits per heavy atom. The van der Waals surface area contributed by atoms with Crippen molar-refractivity contribution >= 4 is 5.91 Å². The first-order valence-electron chi connectivity index (χ1n) is 5.78. The van der Waals surface area contributed by atoms with Gasteiger partial charge in [-0.1, -0.05) is 6.92 Å². The number of amides is 1. The first kappa shape index (κ1) is 13.4. The van der Waals surface area contributed by atoms with Crippen LogP contribution in [-0.4, -0.2) is 23.7 Å². The molecule has 0 bridgehead atoms. The zero-order chi connectivity index (χ0) is 12.8. The largest absolute Gasteiger partial charge is 0.508 e.